The molecule has 7 nitrogen and oxygen atoms in total. The molecule has 0 unspecified atom stereocenters. The SMILES string of the molecule is CCCCOc1ccc(C=NNC(=O)c2cc(-c3ccccc3OC)nc3ccccc23)cc1OCC. The fraction of sp³-hybridized carbons (Fsp3) is 0.233. The highest BCUT2D eigenvalue weighted by Gasteiger charge is 2.15. The van der Waals surface area contributed by atoms with Gasteiger partial charge in [-0.2, -0.15) is 5.10 Å². The second-order valence-corrected chi connectivity index (χ2v) is 8.31. The van der Waals surface area contributed by atoms with E-state index in [0.717, 1.165) is 29.4 Å². The molecule has 0 aliphatic carbocycles. The summed E-state index contributed by atoms with van der Waals surface area (Å²) in [7, 11) is 1.61. The van der Waals surface area contributed by atoms with Crippen LogP contribution in [0.1, 0.15) is 42.6 Å². The number of para-hydroxylation sites is 2. The Labute approximate surface area is 217 Å². The molecule has 190 valence electrons. The van der Waals surface area contributed by atoms with Crippen molar-refractivity contribution in [3.63, 3.8) is 0 Å². The Morgan fingerprint density at radius 1 is 0.946 bits per heavy atom. The summed E-state index contributed by atoms with van der Waals surface area (Å²) in [4.78, 5) is 18.0. The molecular formula is C30H31N3O4. The highest BCUT2D eigenvalue weighted by molar-refractivity contribution is 6.07. The summed E-state index contributed by atoms with van der Waals surface area (Å²) >= 11 is 0. The van der Waals surface area contributed by atoms with Gasteiger partial charge in [-0.05, 0) is 61.4 Å². The van der Waals surface area contributed by atoms with Crippen molar-refractivity contribution in [2.45, 2.75) is 26.7 Å². The van der Waals surface area contributed by atoms with E-state index in [0.29, 0.717) is 47.2 Å². The molecule has 1 aromatic heterocycles. The van der Waals surface area contributed by atoms with Gasteiger partial charge in [-0.1, -0.05) is 43.7 Å². The lowest BCUT2D eigenvalue weighted by molar-refractivity contribution is 0.0956. The van der Waals surface area contributed by atoms with Crippen molar-refractivity contribution in [2.75, 3.05) is 20.3 Å². The molecule has 0 saturated carbocycles. The maximum absolute atomic E-state index is 13.2. The summed E-state index contributed by atoms with van der Waals surface area (Å²) in [5.74, 6) is 1.69. The zero-order chi connectivity index (χ0) is 26.0. The number of hydrogen-bond acceptors (Lipinski definition) is 6. The number of carbonyl (C=O) groups is 1. The first-order valence-electron chi connectivity index (χ1n) is 12.4. The minimum absolute atomic E-state index is 0.337. The minimum Gasteiger partial charge on any atom is -0.496 e. The van der Waals surface area contributed by atoms with Crippen LogP contribution in [0.4, 0.5) is 0 Å². The van der Waals surface area contributed by atoms with Crippen LogP contribution in [0.5, 0.6) is 17.2 Å². The topological polar surface area (TPSA) is 82.0 Å². The van der Waals surface area contributed by atoms with Crippen LogP contribution >= 0.6 is 0 Å². The van der Waals surface area contributed by atoms with E-state index in [1.54, 1.807) is 19.4 Å². The van der Waals surface area contributed by atoms with Crippen LogP contribution in [0.15, 0.2) is 77.9 Å². The number of amides is 1. The summed E-state index contributed by atoms with van der Waals surface area (Å²) in [6.45, 7) is 5.20. The molecule has 0 aliphatic rings. The molecule has 7 heteroatoms. The number of pyridine rings is 1. The van der Waals surface area contributed by atoms with Crippen LogP contribution in [0.25, 0.3) is 22.2 Å². The van der Waals surface area contributed by atoms with E-state index in [4.69, 9.17) is 19.2 Å². The fourth-order valence-electron chi connectivity index (χ4n) is 3.90. The third-order valence-corrected chi connectivity index (χ3v) is 5.75. The fourth-order valence-corrected chi connectivity index (χ4v) is 3.90. The Bertz CT molecular complexity index is 1400. The number of nitrogens with one attached hydrogen (secondary N) is 1. The van der Waals surface area contributed by atoms with Crippen molar-refractivity contribution >= 4 is 23.0 Å². The Morgan fingerprint density at radius 3 is 2.57 bits per heavy atom. The summed E-state index contributed by atoms with van der Waals surface area (Å²) < 4.78 is 17.1. The van der Waals surface area contributed by atoms with Gasteiger partial charge in [-0.15, -0.1) is 0 Å². The molecular weight excluding hydrogens is 466 g/mol. The van der Waals surface area contributed by atoms with Gasteiger partial charge in [-0.25, -0.2) is 10.4 Å². The predicted molar refractivity (Wildman–Crippen MR) is 147 cm³/mol. The number of aromatic nitrogens is 1. The van der Waals surface area contributed by atoms with E-state index in [-0.39, 0.29) is 5.91 Å². The van der Waals surface area contributed by atoms with Crippen molar-refractivity contribution in [1.29, 1.82) is 0 Å². The molecule has 37 heavy (non-hydrogen) atoms. The number of benzene rings is 3. The molecule has 4 aromatic rings. The smallest absolute Gasteiger partial charge is 0.272 e. The molecule has 0 fully saturated rings. The minimum atomic E-state index is -0.337. The maximum Gasteiger partial charge on any atom is 0.272 e. The standard InChI is InChI=1S/C30H31N3O4/c1-4-6-17-37-28-16-15-21(18-29(28)36-5-2)20-31-33-30(34)24-19-26(23-12-8-10-14-27(23)35-3)32-25-13-9-7-11-22(24)25/h7-16,18-20H,4-6,17H2,1-3H3,(H,33,34). The van der Waals surface area contributed by atoms with Crippen LogP contribution in [-0.2, 0) is 0 Å². The van der Waals surface area contributed by atoms with Gasteiger partial charge in [-0.3, -0.25) is 4.79 Å². The molecule has 4 rings (SSSR count). The van der Waals surface area contributed by atoms with Crippen molar-refractivity contribution < 1.29 is 19.0 Å². The Hall–Kier alpha value is -4.39. The average molecular weight is 498 g/mol. The Kier molecular flexibility index (Phi) is 8.70. The summed E-state index contributed by atoms with van der Waals surface area (Å²) in [6, 6.07) is 22.5. The third-order valence-electron chi connectivity index (χ3n) is 5.75. The lowest BCUT2D eigenvalue weighted by atomic mass is 10.0. The van der Waals surface area contributed by atoms with Crippen LogP contribution in [-0.4, -0.2) is 37.4 Å². The van der Waals surface area contributed by atoms with Crippen molar-refractivity contribution in [3.05, 3.63) is 83.9 Å². The molecule has 0 atom stereocenters. The van der Waals surface area contributed by atoms with Crippen molar-refractivity contribution in [2.24, 2.45) is 5.10 Å². The van der Waals surface area contributed by atoms with Gasteiger partial charge in [0.2, 0.25) is 0 Å². The van der Waals surface area contributed by atoms with Gasteiger partial charge >= 0.3 is 0 Å². The monoisotopic (exact) mass is 497 g/mol. The van der Waals surface area contributed by atoms with Gasteiger partial charge < -0.3 is 14.2 Å². The van der Waals surface area contributed by atoms with E-state index in [1.165, 1.54) is 0 Å². The normalized spacial score (nSPS) is 11.0. The summed E-state index contributed by atoms with van der Waals surface area (Å²) in [6.07, 6.45) is 3.62. The lowest BCUT2D eigenvalue weighted by Gasteiger charge is -2.12. The van der Waals surface area contributed by atoms with Crippen molar-refractivity contribution in [3.8, 4) is 28.5 Å². The first-order valence-corrected chi connectivity index (χ1v) is 12.4. The number of unbranched alkanes of at least 4 members (excludes halogenated alkanes) is 1. The molecule has 0 aliphatic heterocycles. The van der Waals surface area contributed by atoms with Gasteiger partial charge in [0.25, 0.3) is 5.91 Å². The number of rotatable bonds is 11. The molecule has 0 bridgehead atoms. The van der Waals surface area contributed by atoms with Crippen LogP contribution in [0.2, 0.25) is 0 Å². The number of fused-ring (bicyclic) bond motifs is 1. The van der Waals surface area contributed by atoms with Gasteiger partial charge in [0, 0.05) is 10.9 Å². The van der Waals surface area contributed by atoms with Crippen LogP contribution < -0.4 is 19.6 Å². The first kappa shape index (κ1) is 25.7. The number of nitrogens with zero attached hydrogens (tertiary/aromatic N) is 2. The molecule has 3 aromatic carbocycles. The molecule has 0 spiro atoms. The zero-order valence-corrected chi connectivity index (χ0v) is 21.4. The zero-order valence-electron chi connectivity index (χ0n) is 21.4. The molecule has 1 heterocycles. The average Bonchev–Trinajstić information content (AvgIpc) is 2.93. The number of ether oxygens (including phenoxy) is 3. The maximum atomic E-state index is 13.2. The van der Waals surface area contributed by atoms with Crippen LogP contribution in [0, 0.1) is 0 Å². The molecule has 0 saturated heterocycles. The molecule has 1 N–H and O–H groups in total. The molecule has 1 amide bonds. The van der Waals surface area contributed by atoms with E-state index in [2.05, 4.69) is 17.5 Å². The van der Waals surface area contributed by atoms with E-state index >= 15 is 0 Å². The number of methoxy groups -OCH3 is 1. The number of hydrogen-bond donors (Lipinski definition) is 1. The van der Waals surface area contributed by atoms with Gasteiger partial charge in [0.15, 0.2) is 11.5 Å². The van der Waals surface area contributed by atoms with Crippen molar-refractivity contribution in [1.82, 2.24) is 10.4 Å². The third kappa shape index (κ3) is 6.25. The van der Waals surface area contributed by atoms with Gasteiger partial charge in [0.1, 0.15) is 5.75 Å². The summed E-state index contributed by atoms with van der Waals surface area (Å²) in [5, 5.41) is 4.94. The van der Waals surface area contributed by atoms with Gasteiger partial charge in [0.05, 0.1) is 43.3 Å². The summed E-state index contributed by atoms with van der Waals surface area (Å²) in [5.41, 5.74) is 6.06. The first-order chi connectivity index (χ1) is 18.1. The second kappa shape index (κ2) is 12.5. The van der Waals surface area contributed by atoms with E-state index < -0.39 is 0 Å². The highest BCUT2D eigenvalue weighted by atomic mass is 16.5. The van der Waals surface area contributed by atoms with Crippen LogP contribution in [0.3, 0.4) is 0 Å². The van der Waals surface area contributed by atoms with E-state index in [9.17, 15) is 4.79 Å². The lowest BCUT2D eigenvalue weighted by Crippen LogP contribution is -2.18. The second-order valence-electron chi connectivity index (χ2n) is 8.31. The number of carbonyl (C=O) groups excluding carboxylic acids is 1. The molecule has 0 radical (unpaired) electrons. The quantitative estimate of drug-likeness (QED) is 0.150. The Balaban J connectivity index is 1.58. The number of hydrazone groups is 1. The Morgan fingerprint density at radius 2 is 1.76 bits per heavy atom. The largest absolute Gasteiger partial charge is 0.496 e. The highest BCUT2D eigenvalue weighted by Crippen LogP contribution is 2.31. The predicted octanol–water partition coefficient (Wildman–Crippen LogP) is 6.25. The van der Waals surface area contributed by atoms with E-state index in [1.807, 2.05) is 73.7 Å².